The summed E-state index contributed by atoms with van der Waals surface area (Å²) in [5.41, 5.74) is 0.101. The minimum absolute atomic E-state index is 0.0435. The third kappa shape index (κ3) is 2.34. The van der Waals surface area contributed by atoms with Gasteiger partial charge in [-0.25, -0.2) is 18.0 Å². The molecule has 0 fully saturated rings. The van der Waals surface area contributed by atoms with Gasteiger partial charge in [-0.2, -0.15) is 5.10 Å². The van der Waals surface area contributed by atoms with Gasteiger partial charge in [0.15, 0.2) is 17.5 Å². The molecule has 0 aliphatic carbocycles. The van der Waals surface area contributed by atoms with Crippen molar-refractivity contribution in [1.29, 1.82) is 0 Å². The minimum atomic E-state index is -1.54. The molecule has 7 heteroatoms. The number of halogens is 3. The Hall–Kier alpha value is -2.31. The van der Waals surface area contributed by atoms with Gasteiger partial charge < -0.3 is 5.11 Å². The van der Waals surface area contributed by atoms with E-state index in [-0.39, 0.29) is 17.7 Å². The maximum atomic E-state index is 12.9. The molecule has 1 aromatic heterocycles. The number of benzene rings is 1. The van der Waals surface area contributed by atoms with Crippen LogP contribution in [-0.4, -0.2) is 20.9 Å². The molecule has 0 amide bonds. The largest absolute Gasteiger partial charge is 0.478 e. The van der Waals surface area contributed by atoms with E-state index in [1.807, 2.05) is 0 Å². The molecule has 18 heavy (non-hydrogen) atoms. The monoisotopic (exact) mass is 256 g/mol. The van der Waals surface area contributed by atoms with Crippen LogP contribution in [-0.2, 0) is 6.54 Å². The highest BCUT2D eigenvalue weighted by Crippen LogP contribution is 2.14. The number of nitrogens with zero attached hydrogens (tertiary/aromatic N) is 2. The van der Waals surface area contributed by atoms with Crippen LogP contribution < -0.4 is 0 Å². The summed E-state index contributed by atoms with van der Waals surface area (Å²) in [5, 5.41) is 12.4. The molecule has 0 unspecified atom stereocenters. The predicted octanol–water partition coefficient (Wildman–Crippen LogP) is 2.05. The lowest BCUT2D eigenvalue weighted by Gasteiger charge is -2.03. The summed E-state index contributed by atoms with van der Waals surface area (Å²) in [4.78, 5) is 10.6. The van der Waals surface area contributed by atoms with Gasteiger partial charge in [-0.3, -0.25) is 4.68 Å². The van der Waals surface area contributed by atoms with E-state index in [9.17, 15) is 18.0 Å². The number of carboxylic acid groups (broad SMARTS) is 1. The predicted molar refractivity (Wildman–Crippen MR) is 54.6 cm³/mol. The van der Waals surface area contributed by atoms with E-state index in [2.05, 4.69) is 5.10 Å². The van der Waals surface area contributed by atoms with Crippen molar-refractivity contribution in [1.82, 2.24) is 9.78 Å². The highest BCUT2D eigenvalue weighted by Gasteiger charge is 2.12. The Bertz CT molecular complexity index is 587. The number of hydrogen-bond acceptors (Lipinski definition) is 2. The van der Waals surface area contributed by atoms with E-state index in [4.69, 9.17) is 5.11 Å². The summed E-state index contributed by atoms with van der Waals surface area (Å²) in [6, 6.07) is 1.67. The standard InChI is InChI=1S/C11H7F3N2O2/c12-8-1-6(2-9(13)10(8)14)4-16-5-7(3-15-16)11(17)18/h1-3,5H,4H2,(H,17,18). The lowest BCUT2D eigenvalue weighted by atomic mass is 10.2. The summed E-state index contributed by atoms with van der Waals surface area (Å²) in [5.74, 6) is -5.28. The van der Waals surface area contributed by atoms with Crippen LogP contribution >= 0.6 is 0 Å². The summed E-state index contributed by atoms with van der Waals surface area (Å²) < 4.78 is 39.8. The Morgan fingerprint density at radius 1 is 1.28 bits per heavy atom. The zero-order chi connectivity index (χ0) is 13.3. The number of aromatic nitrogens is 2. The highest BCUT2D eigenvalue weighted by atomic mass is 19.2. The van der Waals surface area contributed by atoms with Gasteiger partial charge in [0.25, 0.3) is 0 Å². The molecule has 0 bridgehead atoms. The first-order valence-corrected chi connectivity index (χ1v) is 4.86. The van der Waals surface area contributed by atoms with E-state index in [0.29, 0.717) is 0 Å². The quantitative estimate of drug-likeness (QED) is 0.855. The molecule has 94 valence electrons. The minimum Gasteiger partial charge on any atom is -0.478 e. The highest BCUT2D eigenvalue weighted by molar-refractivity contribution is 5.86. The van der Waals surface area contributed by atoms with E-state index >= 15 is 0 Å². The molecule has 2 aromatic rings. The van der Waals surface area contributed by atoms with Gasteiger partial charge in [0.05, 0.1) is 18.3 Å². The van der Waals surface area contributed by atoms with Crippen LogP contribution in [0.3, 0.4) is 0 Å². The van der Waals surface area contributed by atoms with Crippen molar-refractivity contribution < 1.29 is 23.1 Å². The summed E-state index contributed by atoms with van der Waals surface area (Å²) in [7, 11) is 0. The normalized spacial score (nSPS) is 10.6. The molecular weight excluding hydrogens is 249 g/mol. The third-order valence-corrected chi connectivity index (χ3v) is 2.27. The molecule has 0 atom stereocenters. The van der Waals surface area contributed by atoms with Crippen molar-refractivity contribution >= 4 is 5.97 Å². The Morgan fingerprint density at radius 3 is 2.39 bits per heavy atom. The number of aromatic carboxylic acids is 1. The van der Waals surface area contributed by atoms with E-state index < -0.39 is 23.4 Å². The van der Waals surface area contributed by atoms with Crippen molar-refractivity contribution in [2.45, 2.75) is 6.54 Å². The lowest BCUT2D eigenvalue weighted by Crippen LogP contribution is -2.03. The fourth-order valence-electron chi connectivity index (χ4n) is 1.45. The van der Waals surface area contributed by atoms with Gasteiger partial charge in [0, 0.05) is 6.20 Å². The zero-order valence-corrected chi connectivity index (χ0v) is 8.90. The fraction of sp³-hybridized carbons (Fsp3) is 0.0909. The third-order valence-electron chi connectivity index (χ3n) is 2.27. The van der Waals surface area contributed by atoms with E-state index in [1.165, 1.54) is 10.9 Å². The van der Waals surface area contributed by atoms with Gasteiger partial charge in [0.2, 0.25) is 0 Å². The molecule has 0 saturated carbocycles. The molecule has 0 aliphatic heterocycles. The second-order valence-corrected chi connectivity index (χ2v) is 3.61. The van der Waals surface area contributed by atoms with Crippen molar-refractivity contribution in [2.24, 2.45) is 0 Å². The van der Waals surface area contributed by atoms with Crippen LogP contribution in [0.25, 0.3) is 0 Å². The van der Waals surface area contributed by atoms with Gasteiger partial charge in [-0.05, 0) is 17.7 Å². The average molecular weight is 256 g/mol. The topological polar surface area (TPSA) is 55.1 Å². The molecule has 4 nitrogen and oxygen atoms in total. The van der Waals surface area contributed by atoms with Crippen molar-refractivity contribution in [3.05, 3.63) is 53.1 Å². The van der Waals surface area contributed by atoms with Crippen molar-refractivity contribution in [2.75, 3.05) is 0 Å². The number of carbonyl (C=O) groups is 1. The summed E-state index contributed by atoms with van der Waals surface area (Å²) in [6.07, 6.45) is 2.32. The van der Waals surface area contributed by atoms with Gasteiger partial charge in [-0.1, -0.05) is 0 Å². The van der Waals surface area contributed by atoms with Crippen LogP contribution in [0.4, 0.5) is 13.2 Å². The maximum Gasteiger partial charge on any atom is 0.338 e. The van der Waals surface area contributed by atoms with Gasteiger partial charge >= 0.3 is 5.97 Å². The van der Waals surface area contributed by atoms with E-state index in [1.54, 1.807) is 0 Å². The van der Waals surface area contributed by atoms with Crippen LogP contribution in [0.5, 0.6) is 0 Å². The van der Waals surface area contributed by atoms with Gasteiger partial charge in [0.1, 0.15) is 0 Å². The van der Waals surface area contributed by atoms with Crippen LogP contribution in [0.2, 0.25) is 0 Å². The molecule has 0 radical (unpaired) electrons. The smallest absolute Gasteiger partial charge is 0.338 e. The van der Waals surface area contributed by atoms with Gasteiger partial charge in [-0.15, -0.1) is 0 Å². The molecule has 0 aliphatic rings. The van der Waals surface area contributed by atoms with E-state index in [0.717, 1.165) is 18.3 Å². The molecule has 1 N–H and O–H groups in total. The number of hydrogen-bond donors (Lipinski definition) is 1. The van der Waals surface area contributed by atoms with Crippen LogP contribution in [0.15, 0.2) is 24.5 Å². The first-order chi connectivity index (χ1) is 8.47. The van der Waals surface area contributed by atoms with Crippen molar-refractivity contribution in [3.63, 3.8) is 0 Å². The summed E-state index contributed by atoms with van der Waals surface area (Å²) >= 11 is 0. The molecular formula is C11H7F3N2O2. The Balaban J connectivity index is 2.25. The lowest BCUT2D eigenvalue weighted by molar-refractivity contribution is 0.0697. The molecule has 2 rings (SSSR count). The first kappa shape index (κ1) is 12.2. The molecule has 0 saturated heterocycles. The Labute approximate surface area is 99.3 Å². The van der Waals surface area contributed by atoms with Crippen molar-refractivity contribution in [3.8, 4) is 0 Å². The summed E-state index contributed by atoms with van der Waals surface area (Å²) in [6.45, 7) is -0.0542. The molecule has 1 aromatic carbocycles. The Morgan fingerprint density at radius 2 is 1.89 bits per heavy atom. The second kappa shape index (κ2) is 4.52. The zero-order valence-electron chi connectivity index (χ0n) is 8.90. The average Bonchev–Trinajstić information content (AvgIpc) is 2.74. The fourth-order valence-corrected chi connectivity index (χ4v) is 1.45. The van der Waals surface area contributed by atoms with Crippen LogP contribution in [0.1, 0.15) is 15.9 Å². The second-order valence-electron chi connectivity index (χ2n) is 3.61. The van der Waals surface area contributed by atoms with Crippen LogP contribution in [0, 0.1) is 17.5 Å². The SMILES string of the molecule is O=C(O)c1cnn(Cc2cc(F)c(F)c(F)c2)c1. The molecule has 0 spiro atoms. The Kier molecular flexibility index (Phi) is 3.05. The molecule has 1 heterocycles. The number of rotatable bonds is 3. The maximum absolute atomic E-state index is 12.9. The number of carboxylic acids is 1. The first-order valence-electron chi connectivity index (χ1n) is 4.86.